The number of ether oxygens (including phenoxy) is 2. The smallest absolute Gasteiger partial charge is 0.240 e. The number of hydrogen-bond acceptors (Lipinski definition) is 5. The number of hydrogen-bond donors (Lipinski definition) is 2. The molecule has 0 saturated heterocycles. The van der Waals surface area contributed by atoms with Crippen molar-refractivity contribution in [2.24, 2.45) is 0 Å². The summed E-state index contributed by atoms with van der Waals surface area (Å²) >= 11 is 0. The molecule has 3 aromatic rings. The number of imidazole rings is 1. The zero-order valence-corrected chi connectivity index (χ0v) is 14.9. The molecule has 0 bridgehead atoms. The van der Waals surface area contributed by atoms with Crippen molar-refractivity contribution in [3.8, 4) is 11.4 Å². The van der Waals surface area contributed by atoms with E-state index in [1.807, 2.05) is 53.1 Å². The minimum Gasteiger partial charge on any atom is -0.497 e. The number of rotatable bonds is 8. The highest BCUT2D eigenvalue weighted by Crippen LogP contribution is 2.26. The van der Waals surface area contributed by atoms with Gasteiger partial charge in [-0.05, 0) is 24.3 Å². The van der Waals surface area contributed by atoms with Crippen LogP contribution in [0.1, 0.15) is 0 Å². The van der Waals surface area contributed by atoms with Gasteiger partial charge in [0.1, 0.15) is 5.75 Å². The van der Waals surface area contributed by atoms with Crippen LogP contribution >= 0.6 is 0 Å². The third-order valence-corrected chi connectivity index (χ3v) is 3.89. The molecule has 0 aliphatic carbocycles. The van der Waals surface area contributed by atoms with Gasteiger partial charge in [0.15, 0.2) is 0 Å². The quantitative estimate of drug-likeness (QED) is 0.607. The Morgan fingerprint density at radius 3 is 2.81 bits per heavy atom. The van der Waals surface area contributed by atoms with E-state index in [1.54, 1.807) is 14.2 Å². The third kappa shape index (κ3) is 4.01. The maximum absolute atomic E-state index is 12.3. The van der Waals surface area contributed by atoms with Crippen LogP contribution in [0.25, 0.3) is 16.7 Å². The number of anilines is 1. The summed E-state index contributed by atoms with van der Waals surface area (Å²) in [7, 11) is 3.25. The number of benzene rings is 2. The van der Waals surface area contributed by atoms with E-state index in [2.05, 4.69) is 15.6 Å². The summed E-state index contributed by atoms with van der Waals surface area (Å²) in [5, 5.41) is 5.91. The predicted octanol–water partition coefficient (Wildman–Crippen LogP) is 2.21. The van der Waals surface area contributed by atoms with Crippen molar-refractivity contribution < 1.29 is 14.3 Å². The molecule has 0 aliphatic rings. The van der Waals surface area contributed by atoms with Gasteiger partial charge in [-0.1, -0.05) is 18.2 Å². The maximum atomic E-state index is 12.3. The summed E-state index contributed by atoms with van der Waals surface area (Å²) in [5.41, 5.74) is 2.57. The molecular formula is C19H22N4O3. The van der Waals surface area contributed by atoms with Crippen molar-refractivity contribution in [2.45, 2.75) is 0 Å². The second kappa shape index (κ2) is 8.46. The lowest BCUT2D eigenvalue weighted by Gasteiger charge is -2.11. The van der Waals surface area contributed by atoms with Crippen LogP contribution in [0.15, 0.2) is 48.5 Å². The van der Waals surface area contributed by atoms with Crippen LogP contribution in [-0.4, -0.2) is 49.4 Å². The van der Waals surface area contributed by atoms with Gasteiger partial charge in [0.05, 0.1) is 37.0 Å². The molecule has 0 unspecified atom stereocenters. The fraction of sp³-hybridized carbons (Fsp3) is 0.263. The number of methoxy groups -OCH3 is 2. The van der Waals surface area contributed by atoms with E-state index in [-0.39, 0.29) is 12.5 Å². The fourth-order valence-electron chi connectivity index (χ4n) is 2.67. The average Bonchev–Trinajstić information content (AvgIpc) is 3.03. The lowest BCUT2D eigenvalue weighted by atomic mass is 10.2. The highest BCUT2D eigenvalue weighted by Gasteiger charge is 2.15. The Bertz CT molecular complexity index is 891. The summed E-state index contributed by atoms with van der Waals surface area (Å²) in [6, 6.07) is 15.4. The Hall–Kier alpha value is -2.90. The van der Waals surface area contributed by atoms with Gasteiger partial charge in [0.2, 0.25) is 11.9 Å². The van der Waals surface area contributed by atoms with E-state index in [1.165, 1.54) is 0 Å². The van der Waals surface area contributed by atoms with Gasteiger partial charge in [-0.3, -0.25) is 14.7 Å². The molecule has 7 nitrogen and oxygen atoms in total. The standard InChI is InChI=1S/C19H22N4O3/c1-25-11-10-20-13-18(24)22-19-21-16-8-3-4-9-17(16)23(19)14-6-5-7-15(12-14)26-2/h3-9,12,20H,10-11,13H2,1-2H3,(H,21,22,24). The average molecular weight is 354 g/mol. The molecular weight excluding hydrogens is 332 g/mol. The van der Waals surface area contributed by atoms with Crippen molar-refractivity contribution in [1.29, 1.82) is 0 Å². The van der Waals surface area contributed by atoms with E-state index < -0.39 is 0 Å². The van der Waals surface area contributed by atoms with Gasteiger partial charge in [-0.15, -0.1) is 0 Å². The van der Waals surface area contributed by atoms with Crippen molar-refractivity contribution in [1.82, 2.24) is 14.9 Å². The summed E-state index contributed by atoms with van der Waals surface area (Å²) in [4.78, 5) is 16.8. The number of para-hydroxylation sites is 2. The van der Waals surface area contributed by atoms with Crippen molar-refractivity contribution in [2.75, 3.05) is 39.2 Å². The summed E-state index contributed by atoms with van der Waals surface area (Å²) in [5.74, 6) is 1.04. The van der Waals surface area contributed by atoms with Crippen LogP contribution in [0.3, 0.4) is 0 Å². The van der Waals surface area contributed by atoms with Crippen LogP contribution in [0.5, 0.6) is 5.75 Å². The highest BCUT2D eigenvalue weighted by atomic mass is 16.5. The molecule has 1 heterocycles. The minimum absolute atomic E-state index is 0.166. The first-order valence-electron chi connectivity index (χ1n) is 8.34. The monoisotopic (exact) mass is 354 g/mol. The summed E-state index contributed by atoms with van der Waals surface area (Å²) < 4.78 is 12.2. The largest absolute Gasteiger partial charge is 0.497 e. The molecule has 26 heavy (non-hydrogen) atoms. The number of carbonyl (C=O) groups excluding carboxylic acids is 1. The second-order valence-electron chi connectivity index (χ2n) is 5.68. The van der Waals surface area contributed by atoms with Gasteiger partial charge in [-0.2, -0.15) is 0 Å². The molecule has 0 saturated carbocycles. The fourth-order valence-corrected chi connectivity index (χ4v) is 2.67. The molecule has 0 atom stereocenters. The number of nitrogens with one attached hydrogen (secondary N) is 2. The van der Waals surface area contributed by atoms with Crippen molar-refractivity contribution in [3.05, 3.63) is 48.5 Å². The zero-order valence-electron chi connectivity index (χ0n) is 14.9. The Morgan fingerprint density at radius 1 is 1.15 bits per heavy atom. The number of nitrogens with zero attached hydrogens (tertiary/aromatic N) is 2. The van der Waals surface area contributed by atoms with E-state index >= 15 is 0 Å². The minimum atomic E-state index is -0.166. The third-order valence-electron chi connectivity index (χ3n) is 3.89. The van der Waals surface area contributed by atoms with Crippen LogP contribution in [-0.2, 0) is 9.53 Å². The van der Waals surface area contributed by atoms with Gasteiger partial charge in [0.25, 0.3) is 0 Å². The second-order valence-corrected chi connectivity index (χ2v) is 5.68. The van der Waals surface area contributed by atoms with Gasteiger partial charge in [0, 0.05) is 19.7 Å². The first-order chi connectivity index (χ1) is 12.7. The van der Waals surface area contributed by atoms with Crippen LogP contribution in [0.4, 0.5) is 5.95 Å². The Kier molecular flexibility index (Phi) is 5.83. The molecule has 2 aromatic carbocycles. The highest BCUT2D eigenvalue weighted by molar-refractivity contribution is 5.93. The van der Waals surface area contributed by atoms with Crippen molar-refractivity contribution >= 4 is 22.9 Å². The molecule has 1 aromatic heterocycles. The molecule has 2 N–H and O–H groups in total. The van der Waals surface area contributed by atoms with E-state index in [9.17, 15) is 4.79 Å². The predicted molar refractivity (Wildman–Crippen MR) is 101 cm³/mol. The normalized spacial score (nSPS) is 10.8. The summed E-state index contributed by atoms with van der Waals surface area (Å²) in [6.07, 6.45) is 0. The van der Waals surface area contributed by atoms with Crippen LogP contribution in [0.2, 0.25) is 0 Å². The van der Waals surface area contributed by atoms with Crippen LogP contribution < -0.4 is 15.4 Å². The molecule has 0 fully saturated rings. The Balaban J connectivity index is 1.91. The van der Waals surface area contributed by atoms with Gasteiger partial charge < -0.3 is 14.8 Å². The Morgan fingerprint density at radius 2 is 2.00 bits per heavy atom. The number of aromatic nitrogens is 2. The number of carbonyl (C=O) groups is 1. The number of fused-ring (bicyclic) bond motifs is 1. The molecule has 136 valence electrons. The lowest BCUT2D eigenvalue weighted by Crippen LogP contribution is -2.31. The molecule has 3 rings (SSSR count). The zero-order chi connectivity index (χ0) is 18.4. The summed E-state index contributed by atoms with van der Waals surface area (Å²) in [6.45, 7) is 1.34. The number of amides is 1. The van der Waals surface area contributed by atoms with E-state index in [0.29, 0.717) is 19.1 Å². The van der Waals surface area contributed by atoms with Crippen LogP contribution in [0, 0.1) is 0 Å². The van der Waals surface area contributed by atoms with Gasteiger partial charge in [-0.25, -0.2) is 4.98 Å². The molecule has 0 spiro atoms. The Labute approximate surface area is 151 Å². The van der Waals surface area contributed by atoms with E-state index in [0.717, 1.165) is 22.5 Å². The topological polar surface area (TPSA) is 77.4 Å². The molecule has 0 radical (unpaired) electrons. The molecule has 1 amide bonds. The first-order valence-corrected chi connectivity index (χ1v) is 8.34. The first kappa shape index (κ1) is 17.9. The van der Waals surface area contributed by atoms with Crippen molar-refractivity contribution in [3.63, 3.8) is 0 Å². The lowest BCUT2D eigenvalue weighted by molar-refractivity contribution is -0.115. The van der Waals surface area contributed by atoms with E-state index in [4.69, 9.17) is 9.47 Å². The SMILES string of the molecule is COCCNCC(=O)Nc1nc2ccccc2n1-c1cccc(OC)c1. The molecule has 7 heteroatoms. The maximum Gasteiger partial charge on any atom is 0.240 e. The molecule has 0 aliphatic heterocycles. The van der Waals surface area contributed by atoms with Gasteiger partial charge >= 0.3 is 0 Å².